The Bertz CT molecular complexity index is 1000. The van der Waals surface area contributed by atoms with Crippen LogP contribution in [0.25, 0.3) is 17.0 Å². The van der Waals surface area contributed by atoms with Crippen LogP contribution < -0.4 is 0 Å². The summed E-state index contributed by atoms with van der Waals surface area (Å²) in [6.07, 6.45) is 10.7. The van der Waals surface area contributed by atoms with Crippen molar-refractivity contribution in [2.24, 2.45) is 0 Å². The molecule has 1 aromatic heterocycles. The Hall–Kier alpha value is -2.58. The number of aromatic nitrogens is 1. The van der Waals surface area contributed by atoms with Crippen molar-refractivity contribution in [2.75, 3.05) is 0 Å². The van der Waals surface area contributed by atoms with E-state index in [0.717, 1.165) is 5.56 Å². The standard InChI is InChI=1S/C18H16N2O2S/c1-3-14-7-8-15(13-19)17-16(14)9-12-20(17)23(21,22)18(2)10-5-4-6-11-18/h3-10,12H,1,11H2,2H3. The van der Waals surface area contributed by atoms with Gasteiger partial charge in [0.05, 0.1) is 11.1 Å². The number of fused-ring (bicyclic) bond motifs is 1. The summed E-state index contributed by atoms with van der Waals surface area (Å²) in [5.74, 6) is 0. The largest absolute Gasteiger partial charge is 0.248 e. The van der Waals surface area contributed by atoms with Crippen molar-refractivity contribution in [3.8, 4) is 6.07 Å². The fraction of sp³-hybridized carbons (Fsp3) is 0.167. The summed E-state index contributed by atoms with van der Waals surface area (Å²) < 4.78 is 26.6. The van der Waals surface area contributed by atoms with Gasteiger partial charge in [0.2, 0.25) is 10.0 Å². The van der Waals surface area contributed by atoms with E-state index in [9.17, 15) is 13.7 Å². The molecule has 3 rings (SSSR count). The van der Waals surface area contributed by atoms with E-state index in [1.165, 1.54) is 10.2 Å². The minimum Gasteiger partial charge on any atom is -0.243 e. The number of hydrogen-bond acceptors (Lipinski definition) is 3. The van der Waals surface area contributed by atoms with Gasteiger partial charge in [-0.3, -0.25) is 0 Å². The van der Waals surface area contributed by atoms with E-state index in [1.54, 1.807) is 43.4 Å². The highest BCUT2D eigenvalue weighted by Crippen LogP contribution is 2.33. The first-order chi connectivity index (χ1) is 10.9. The fourth-order valence-electron chi connectivity index (χ4n) is 2.85. The molecular weight excluding hydrogens is 308 g/mol. The van der Waals surface area contributed by atoms with Crippen molar-refractivity contribution >= 4 is 27.0 Å². The van der Waals surface area contributed by atoms with Gasteiger partial charge >= 0.3 is 0 Å². The maximum absolute atomic E-state index is 13.2. The van der Waals surface area contributed by atoms with Gasteiger partial charge in [-0.2, -0.15) is 5.26 Å². The Labute approximate surface area is 135 Å². The number of nitriles is 1. The smallest absolute Gasteiger partial charge is 0.243 e. The van der Waals surface area contributed by atoms with Crippen LogP contribution in [0.5, 0.6) is 0 Å². The summed E-state index contributed by atoms with van der Waals surface area (Å²) in [5.41, 5.74) is 1.55. The van der Waals surface area contributed by atoms with Gasteiger partial charge in [-0.25, -0.2) is 12.4 Å². The maximum Gasteiger partial charge on any atom is 0.248 e. The van der Waals surface area contributed by atoms with Crippen molar-refractivity contribution in [3.63, 3.8) is 0 Å². The van der Waals surface area contributed by atoms with Crippen LogP contribution in [0.15, 0.2) is 55.3 Å². The zero-order valence-corrected chi connectivity index (χ0v) is 13.5. The summed E-state index contributed by atoms with van der Waals surface area (Å²) in [7, 11) is -3.71. The van der Waals surface area contributed by atoms with E-state index < -0.39 is 14.8 Å². The second-order valence-electron chi connectivity index (χ2n) is 5.70. The molecule has 0 bridgehead atoms. The average Bonchev–Trinajstić information content (AvgIpc) is 3.00. The average molecular weight is 324 g/mol. The van der Waals surface area contributed by atoms with E-state index in [0.29, 0.717) is 22.9 Å². The Morgan fingerprint density at radius 1 is 1.35 bits per heavy atom. The Morgan fingerprint density at radius 2 is 2.13 bits per heavy atom. The number of nitrogens with zero attached hydrogens (tertiary/aromatic N) is 2. The normalized spacial score (nSPS) is 20.5. The predicted octanol–water partition coefficient (Wildman–Crippen LogP) is 3.61. The van der Waals surface area contributed by atoms with Gasteiger partial charge in [-0.1, -0.05) is 43.0 Å². The van der Waals surface area contributed by atoms with E-state index >= 15 is 0 Å². The van der Waals surface area contributed by atoms with E-state index in [-0.39, 0.29) is 0 Å². The zero-order chi connectivity index (χ0) is 16.7. The minimum absolute atomic E-state index is 0.332. The van der Waals surface area contributed by atoms with E-state index in [4.69, 9.17) is 0 Å². The number of allylic oxidation sites excluding steroid dienone is 3. The topological polar surface area (TPSA) is 62.9 Å². The molecule has 0 saturated carbocycles. The molecular formula is C18H16N2O2S. The molecule has 0 aliphatic heterocycles. The monoisotopic (exact) mass is 324 g/mol. The van der Waals surface area contributed by atoms with Gasteiger partial charge in [-0.05, 0) is 31.0 Å². The number of hydrogen-bond donors (Lipinski definition) is 0. The molecule has 0 fully saturated rings. The summed E-state index contributed by atoms with van der Waals surface area (Å²) in [5, 5.41) is 10.1. The summed E-state index contributed by atoms with van der Waals surface area (Å²) >= 11 is 0. The molecule has 2 aromatic rings. The molecule has 0 saturated heterocycles. The molecule has 1 aromatic carbocycles. The summed E-state index contributed by atoms with van der Waals surface area (Å²) in [6.45, 7) is 5.44. The van der Waals surface area contributed by atoms with Crippen LogP contribution in [0.1, 0.15) is 24.5 Å². The third-order valence-corrected chi connectivity index (χ3v) is 6.56. The van der Waals surface area contributed by atoms with Crippen molar-refractivity contribution < 1.29 is 8.42 Å². The lowest BCUT2D eigenvalue weighted by atomic mass is 10.0. The van der Waals surface area contributed by atoms with Gasteiger partial charge < -0.3 is 0 Å². The highest BCUT2D eigenvalue weighted by atomic mass is 32.2. The van der Waals surface area contributed by atoms with Crippen LogP contribution in [0, 0.1) is 11.3 Å². The van der Waals surface area contributed by atoms with Crippen molar-refractivity contribution in [2.45, 2.75) is 18.1 Å². The quantitative estimate of drug-likeness (QED) is 0.866. The highest BCUT2D eigenvalue weighted by Gasteiger charge is 2.38. The highest BCUT2D eigenvalue weighted by molar-refractivity contribution is 7.91. The molecule has 1 atom stereocenters. The number of benzene rings is 1. The first kappa shape index (κ1) is 15.3. The van der Waals surface area contributed by atoms with Gasteiger partial charge in [0.25, 0.3) is 0 Å². The Kier molecular flexibility index (Phi) is 3.50. The van der Waals surface area contributed by atoms with E-state index in [2.05, 4.69) is 12.6 Å². The predicted molar refractivity (Wildman–Crippen MR) is 92.4 cm³/mol. The third-order valence-electron chi connectivity index (χ3n) is 4.26. The second-order valence-corrected chi connectivity index (χ2v) is 7.98. The van der Waals surface area contributed by atoms with Crippen LogP contribution >= 0.6 is 0 Å². The molecule has 0 amide bonds. The molecule has 1 heterocycles. The molecule has 0 spiro atoms. The fourth-order valence-corrected chi connectivity index (χ4v) is 4.51. The summed E-state index contributed by atoms with van der Waals surface area (Å²) in [6, 6.07) is 7.21. The molecule has 23 heavy (non-hydrogen) atoms. The van der Waals surface area contributed by atoms with Crippen LogP contribution in [-0.4, -0.2) is 17.1 Å². The lowest BCUT2D eigenvalue weighted by Gasteiger charge is -2.27. The van der Waals surface area contributed by atoms with Gasteiger partial charge in [0, 0.05) is 11.6 Å². The molecule has 1 unspecified atom stereocenters. The van der Waals surface area contributed by atoms with Gasteiger partial charge in [0.1, 0.15) is 10.8 Å². The second kappa shape index (κ2) is 5.25. The molecule has 1 aliphatic carbocycles. The van der Waals surface area contributed by atoms with Crippen molar-refractivity contribution in [1.29, 1.82) is 5.26 Å². The first-order valence-corrected chi connectivity index (χ1v) is 8.65. The van der Waals surface area contributed by atoms with Gasteiger partial charge in [0.15, 0.2) is 0 Å². The van der Waals surface area contributed by atoms with E-state index in [1.807, 2.05) is 12.2 Å². The van der Waals surface area contributed by atoms with Gasteiger partial charge in [-0.15, -0.1) is 0 Å². The molecule has 116 valence electrons. The lowest BCUT2D eigenvalue weighted by Crippen LogP contribution is -2.37. The summed E-state index contributed by atoms with van der Waals surface area (Å²) in [4.78, 5) is 0. The van der Waals surface area contributed by atoms with Crippen LogP contribution in [0.2, 0.25) is 0 Å². The Morgan fingerprint density at radius 3 is 2.74 bits per heavy atom. The molecule has 5 heteroatoms. The first-order valence-electron chi connectivity index (χ1n) is 7.21. The molecule has 1 aliphatic rings. The Balaban J connectivity index is 2.33. The van der Waals surface area contributed by atoms with Crippen molar-refractivity contribution in [1.82, 2.24) is 3.97 Å². The molecule has 0 N–H and O–H groups in total. The van der Waals surface area contributed by atoms with Crippen molar-refractivity contribution in [3.05, 3.63) is 66.4 Å². The number of rotatable bonds is 3. The zero-order valence-electron chi connectivity index (χ0n) is 12.7. The van der Waals surface area contributed by atoms with Crippen LogP contribution in [0.4, 0.5) is 0 Å². The SMILES string of the molecule is C=Cc1ccc(C#N)c2c1ccn2S(=O)(=O)C1(C)C=CC=CC1. The minimum atomic E-state index is -3.71. The maximum atomic E-state index is 13.2. The molecule has 4 nitrogen and oxygen atoms in total. The van der Waals surface area contributed by atoms with Crippen LogP contribution in [0.3, 0.4) is 0 Å². The van der Waals surface area contributed by atoms with Crippen LogP contribution in [-0.2, 0) is 10.0 Å². The third kappa shape index (κ3) is 2.14. The lowest BCUT2D eigenvalue weighted by molar-refractivity contribution is 0.555. The molecule has 0 radical (unpaired) electrons.